The number of rotatable bonds is 3. The lowest BCUT2D eigenvalue weighted by Crippen LogP contribution is -2.31. The van der Waals surface area contributed by atoms with Crippen LogP contribution in [0.4, 0.5) is 18.9 Å². The van der Waals surface area contributed by atoms with Gasteiger partial charge in [0.15, 0.2) is 10.8 Å². The van der Waals surface area contributed by atoms with Crippen LogP contribution in [0.25, 0.3) is 11.3 Å². The summed E-state index contributed by atoms with van der Waals surface area (Å²) in [6, 6.07) is 10.4. The summed E-state index contributed by atoms with van der Waals surface area (Å²) in [6.45, 7) is 3.47. The van der Waals surface area contributed by atoms with Gasteiger partial charge in [0.05, 0.1) is 28.0 Å². The minimum absolute atomic E-state index is 0.0392. The number of para-hydroxylation sites is 1. The molecule has 1 aliphatic heterocycles. The maximum atomic E-state index is 13.6. The Hall–Kier alpha value is -3.20. The molecule has 0 radical (unpaired) electrons. The molecule has 0 unspecified atom stereocenters. The predicted molar refractivity (Wildman–Crippen MR) is 109 cm³/mol. The molecule has 4 rings (SSSR count). The fourth-order valence-corrected chi connectivity index (χ4v) is 4.18. The Labute approximate surface area is 173 Å². The number of carboxylic acid groups (broad SMARTS) is 1. The number of amidine groups is 1. The van der Waals surface area contributed by atoms with Gasteiger partial charge in [-0.2, -0.15) is 13.2 Å². The van der Waals surface area contributed by atoms with Crippen molar-refractivity contribution in [2.24, 2.45) is 4.99 Å². The van der Waals surface area contributed by atoms with Crippen molar-refractivity contribution < 1.29 is 23.1 Å². The van der Waals surface area contributed by atoms with E-state index >= 15 is 0 Å². The molecule has 0 amide bonds. The second kappa shape index (κ2) is 6.94. The number of anilines is 1. The molecular weight excluding hydrogens is 415 g/mol. The number of thiazole rings is 1. The third-order valence-corrected chi connectivity index (χ3v) is 5.65. The van der Waals surface area contributed by atoms with E-state index in [1.54, 1.807) is 43.5 Å². The summed E-state index contributed by atoms with van der Waals surface area (Å²) in [4.78, 5) is 20.5. The molecule has 2 N–H and O–H groups in total. The summed E-state index contributed by atoms with van der Waals surface area (Å²) in [6.07, 6.45) is -4.52. The number of aliphatic imine (C=N–C) groups is 1. The van der Waals surface area contributed by atoms with Crippen LogP contribution >= 0.6 is 11.3 Å². The molecule has 0 atom stereocenters. The van der Waals surface area contributed by atoms with Crippen molar-refractivity contribution in [2.75, 3.05) is 5.32 Å². The summed E-state index contributed by atoms with van der Waals surface area (Å²) in [5.74, 6) is -0.869. The van der Waals surface area contributed by atoms with Gasteiger partial charge in [-0.3, -0.25) is 4.99 Å². The first kappa shape index (κ1) is 20.1. The second-order valence-electron chi connectivity index (χ2n) is 7.26. The summed E-state index contributed by atoms with van der Waals surface area (Å²) in [7, 11) is 0. The number of aromatic carboxylic acids is 1. The number of hydrogen-bond acceptors (Lipinski definition) is 5. The van der Waals surface area contributed by atoms with E-state index in [0.29, 0.717) is 21.8 Å². The normalized spacial score (nSPS) is 15.2. The van der Waals surface area contributed by atoms with Crippen molar-refractivity contribution in [3.63, 3.8) is 0 Å². The van der Waals surface area contributed by atoms with Gasteiger partial charge in [0.2, 0.25) is 0 Å². The highest BCUT2D eigenvalue weighted by Gasteiger charge is 2.39. The zero-order chi connectivity index (χ0) is 21.7. The Balaban J connectivity index is 1.78. The first-order valence-electron chi connectivity index (χ1n) is 8.94. The lowest BCUT2D eigenvalue weighted by molar-refractivity contribution is -0.137. The number of hydrogen-bond donors (Lipinski definition) is 2. The third kappa shape index (κ3) is 3.45. The maximum absolute atomic E-state index is 13.6. The van der Waals surface area contributed by atoms with E-state index in [0.717, 1.165) is 6.07 Å². The Bertz CT molecular complexity index is 1180. The zero-order valence-electron chi connectivity index (χ0n) is 15.9. The molecule has 154 valence electrons. The molecule has 9 heteroatoms. The first-order valence-corrected chi connectivity index (χ1v) is 9.82. The highest BCUT2D eigenvalue weighted by Crippen LogP contribution is 2.43. The Morgan fingerprint density at radius 2 is 1.87 bits per heavy atom. The molecule has 0 saturated carbocycles. The van der Waals surface area contributed by atoms with E-state index in [1.807, 2.05) is 0 Å². The Morgan fingerprint density at radius 1 is 1.13 bits per heavy atom. The number of alkyl halides is 3. The van der Waals surface area contributed by atoms with E-state index in [2.05, 4.69) is 15.3 Å². The van der Waals surface area contributed by atoms with E-state index < -0.39 is 23.2 Å². The molecule has 3 aromatic rings. The van der Waals surface area contributed by atoms with Crippen LogP contribution in [-0.2, 0) is 11.7 Å². The highest BCUT2D eigenvalue weighted by atomic mass is 32.1. The Morgan fingerprint density at radius 3 is 2.57 bits per heavy atom. The molecular formula is C21H16F3N3O2S. The minimum atomic E-state index is -4.52. The number of fused-ring (bicyclic) bond motifs is 1. The second-order valence-corrected chi connectivity index (χ2v) is 8.12. The smallest absolute Gasteiger partial charge is 0.418 e. The maximum Gasteiger partial charge on any atom is 0.418 e. The molecule has 0 spiro atoms. The van der Waals surface area contributed by atoms with Gasteiger partial charge in [-0.15, -0.1) is 11.3 Å². The van der Waals surface area contributed by atoms with E-state index in [1.165, 1.54) is 23.5 Å². The number of nitrogens with one attached hydrogen (secondary N) is 1. The number of nitrogens with zero attached hydrogens (tertiary/aromatic N) is 2. The van der Waals surface area contributed by atoms with Crippen molar-refractivity contribution in [3.05, 3.63) is 69.5 Å². The summed E-state index contributed by atoms with van der Waals surface area (Å²) >= 11 is 1.18. The van der Waals surface area contributed by atoms with Crippen LogP contribution in [0.2, 0.25) is 0 Å². The molecule has 5 nitrogen and oxygen atoms in total. The fraction of sp³-hybridized carbons (Fsp3) is 0.190. The topological polar surface area (TPSA) is 74.6 Å². The van der Waals surface area contributed by atoms with Crippen LogP contribution in [0.15, 0.2) is 52.8 Å². The van der Waals surface area contributed by atoms with Crippen molar-refractivity contribution in [1.82, 2.24) is 4.98 Å². The van der Waals surface area contributed by atoms with Crippen molar-refractivity contribution in [3.8, 4) is 11.3 Å². The minimum Gasteiger partial charge on any atom is -0.478 e. The van der Waals surface area contributed by atoms with Crippen LogP contribution in [0, 0.1) is 0 Å². The molecule has 2 aromatic carbocycles. The van der Waals surface area contributed by atoms with Gasteiger partial charge in [-0.25, -0.2) is 9.78 Å². The number of carbonyl (C=O) groups is 1. The average molecular weight is 431 g/mol. The molecule has 2 heterocycles. The molecule has 1 aliphatic rings. The molecule has 30 heavy (non-hydrogen) atoms. The molecule has 0 fully saturated rings. The summed E-state index contributed by atoms with van der Waals surface area (Å²) in [5, 5.41) is 14.2. The lowest BCUT2D eigenvalue weighted by atomic mass is 9.89. The van der Waals surface area contributed by atoms with Crippen LogP contribution in [0.3, 0.4) is 0 Å². The monoisotopic (exact) mass is 431 g/mol. The number of benzene rings is 2. The molecule has 0 aliphatic carbocycles. The SMILES string of the molecule is CC1(C)N=C(c2nc(-c3ccccc3C(=O)O)cs2)Nc2c(C(F)(F)F)cccc21. The number of carboxylic acids is 1. The van der Waals surface area contributed by atoms with Gasteiger partial charge in [-0.1, -0.05) is 30.3 Å². The van der Waals surface area contributed by atoms with E-state index in [-0.39, 0.29) is 17.1 Å². The summed E-state index contributed by atoms with van der Waals surface area (Å²) in [5.41, 5.74) is -0.324. The zero-order valence-corrected chi connectivity index (χ0v) is 16.7. The first-order chi connectivity index (χ1) is 14.1. The quantitative estimate of drug-likeness (QED) is 0.563. The third-order valence-electron chi connectivity index (χ3n) is 4.80. The highest BCUT2D eigenvalue weighted by molar-refractivity contribution is 7.12. The van der Waals surface area contributed by atoms with Crippen LogP contribution in [0.1, 0.15) is 40.3 Å². The van der Waals surface area contributed by atoms with Crippen molar-refractivity contribution in [1.29, 1.82) is 0 Å². The summed E-state index contributed by atoms with van der Waals surface area (Å²) < 4.78 is 40.7. The fourth-order valence-electron chi connectivity index (χ4n) is 3.42. The van der Waals surface area contributed by atoms with Gasteiger partial charge in [-0.05, 0) is 26.0 Å². The average Bonchev–Trinajstić information content (AvgIpc) is 3.16. The number of halogens is 3. The van der Waals surface area contributed by atoms with Gasteiger partial charge < -0.3 is 10.4 Å². The molecule has 0 bridgehead atoms. The largest absolute Gasteiger partial charge is 0.478 e. The van der Waals surface area contributed by atoms with Gasteiger partial charge in [0.1, 0.15) is 0 Å². The van der Waals surface area contributed by atoms with E-state index in [9.17, 15) is 23.1 Å². The predicted octanol–water partition coefficient (Wildman–Crippen LogP) is 5.63. The van der Waals surface area contributed by atoms with Crippen LogP contribution in [0.5, 0.6) is 0 Å². The van der Waals surface area contributed by atoms with Crippen molar-refractivity contribution in [2.45, 2.75) is 25.6 Å². The van der Waals surface area contributed by atoms with Crippen LogP contribution in [-0.4, -0.2) is 21.9 Å². The number of aromatic nitrogens is 1. The van der Waals surface area contributed by atoms with Crippen LogP contribution < -0.4 is 5.32 Å². The van der Waals surface area contributed by atoms with Gasteiger partial charge in [0, 0.05) is 16.5 Å². The lowest BCUT2D eigenvalue weighted by Gasteiger charge is -2.32. The van der Waals surface area contributed by atoms with Gasteiger partial charge in [0.25, 0.3) is 0 Å². The molecule has 0 saturated heterocycles. The van der Waals surface area contributed by atoms with Crippen molar-refractivity contribution >= 4 is 28.8 Å². The van der Waals surface area contributed by atoms with E-state index in [4.69, 9.17) is 0 Å². The van der Waals surface area contributed by atoms with Gasteiger partial charge >= 0.3 is 12.1 Å². The standard InChI is InChI=1S/C21H16F3N3O2S/c1-20(2)13-8-5-9-14(21(22,23)24)16(13)26-17(27-20)18-25-15(10-30-18)11-6-3-4-7-12(11)19(28)29/h3-10H,1-2H3,(H,26,27)(H,28,29). The molecule has 1 aromatic heterocycles. The Kier molecular flexibility index (Phi) is 4.65.